The highest BCUT2D eigenvalue weighted by atomic mass is 35.5. The van der Waals surface area contributed by atoms with Crippen LogP contribution in [0.1, 0.15) is 18.9 Å². The second-order valence-electron chi connectivity index (χ2n) is 4.44. The van der Waals surface area contributed by atoms with Gasteiger partial charge < -0.3 is 19.5 Å². The van der Waals surface area contributed by atoms with E-state index in [1.807, 2.05) is 13.0 Å². The minimum absolute atomic E-state index is 0.337. The highest BCUT2D eigenvalue weighted by Gasteiger charge is 2.30. The van der Waals surface area contributed by atoms with E-state index in [1.165, 1.54) is 0 Å². The van der Waals surface area contributed by atoms with Gasteiger partial charge in [-0.1, -0.05) is 18.5 Å². The van der Waals surface area contributed by atoms with Gasteiger partial charge in [0.25, 0.3) is 0 Å². The average molecular weight is 300 g/mol. The molecular formula is C14H18ClNO4. The number of esters is 1. The van der Waals surface area contributed by atoms with E-state index in [0.29, 0.717) is 36.1 Å². The van der Waals surface area contributed by atoms with Crippen molar-refractivity contribution in [3.8, 4) is 11.5 Å². The fourth-order valence-corrected chi connectivity index (χ4v) is 2.26. The molecule has 1 aliphatic rings. The molecule has 1 atom stereocenters. The van der Waals surface area contributed by atoms with Gasteiger partial charge in [0, 0.05) is 29.6 Å². The summed E-state index contributed by atoms with van der Waals surface area (Å²) in [7, 11) is 1.54. The maximum absolute atomic E-state index is 11.5. The normalized spacial score (nSPS) is 17.9. The molecule has 1 heterocycles. The van der Waals surface area contributed by atoms with Gasteiger partial charge in [-0.3, -0.25) is 0 Å². The number of benzene rings is 1. The van der Waals surface area contributed by atoms with Crippen molar-refractivity contribution >= 4 is 17.6 Å². The van der Waals surface area contributed by atoms with Gasteiger partial charge >= 0.3 is 5.97 Å². The minimum Gasteiger partial charge on any atom is -0.493 e. The molecule has 1 saturated heterocycles. The first kappa shape index (κ1) is 14.9. The summed E-state index contributed by atoms with van der Waals surface area (Å²) in [6, 6.07) is 3.48. The lowest BCUT2D eigenvalue weighted by molar-refractivity contribution is -0.143. The maximum atomic E-state index is 11.5. The van der Waals surface area contributed by atoms with Crippen LogP contribution in [-0.2, 0) is 16.1 Å². The van der Waals surface area contributed by atoms with E-state index in [2.05, 4.69) is 5.32 Å². The molecule has 0 radical (unpaired) electrons. The zero-order valence-electron chi connectivity index (χ0n) is 11.6. The van der Waals surface area contributed by atoms with E-state index in [9.17, 15) is 4.79 Å². The SMILES string of the molecule is CCNCc1cc(Cl)cc(OC)c1OC1CCOC1=O. The lowest BCUT2D eigenvalue weighted by atomic mass is 10.1. The highest BCUT2D eigenvalue weighted by Crippen LogP contribution is 2.36. The lowest BCUT2D eigenvalue weighted by Gasteiger charge is -2.18. The summed E-state index contributed by atoms with van der Waals surface area (Å²) in [5, 5.41) is 3.78. The van der Waals surface area contributed by atoms with Crippen molar-refractivity contribution in [1.29, 1.82) is 0 Å². The smallest absolute Gasteiger partial charge is 0.347 e. The first-order valence-corrected chi connectivity index (χ1v) is 6.94. The molecule has 0 saturated carbocycles. The van der Waals surface area contributed by atoms with Crippen LogP contribution in [0, 0.1) is 0 Å². The second kappa shape index (κ2) is 6.81. The van der Waals surface area contributed by atoms with Crippen molar-refractivity contribution < 1.29 is 19.0 Å². The second-order valence-corrected chi connectivity index (χ2v) is 4.88. The number of nitrogens with one attached hydrogen (secondary N) is 1. The summed E-state index contributed by atoms with van der Waals surface area (Å²) in [4.78, 5) is 11.5. The number of ether oxygens (including phenoxy) is 3. The van der Waals surface area contributed by atoms with Crippen molar-refractivity contribution in [1.82, 2.24) is 5.32 Å². The molecule has 1 aliphatic heterocycles. The molecule has 0 bridgehead atoms. The third-order valence-corrected chi connectivity index (χ3v) is 3.25. The van der Waals surface area contributed by atoms with E-state index in [4.69, 9.17) is 25.8 Å². The molecule has 0 aromatic heterocycles. The summed E-state index contributed by atoms with van der Waals surface area (Å²) in [5.41, 5.74) is 0.857. The van der Waals surface area contributed by atoms with Gasteiger partial charge in [0.1, 0.15) is 0 Å². The van der Waals surface area contributed by atoms with E-state index in [0.717, 1.165) is 12.1 Å². The maximum Gasteiger partial charge on any atom is 0.347 e. The Hall–Kier alpha value is -1.46. The van der Waals surface area contributed by atoms with E-state index in [1.54, 1.807) is 13.2 Å². The van der Waals surface area contributed by atoms with Crippen LogP contribution in [-0.4, -0.2) is 32.3 Å². The van der Waals surface area contributed by atoms with Crippen LogP contribution in [0.2, 0.25) is 5.02 Å². The molecule has 6 heteroatoms. The molecular weight excluding hydrogens is 282 g/mol. The summed E-state index contributed by atoms with van der Waals surface area (Å²) >= 11 is 6.07. The number of methoxy groups -OCH3 is 1. The predicted molar refractivity (Wildman–Crippen MR) is 75.4 cm³/mol. The summed E-state index contributed by atoms with van der Waals surface area (Å²) in [5.74, 6) is 0.725. The molecule has 0 spiro atoms. The lowest BCUT2D eigenvalue weighted by Crippen LogP contribution is -2.23. The molecule has 2 rings (SSSR count). The monoisotopic (exact) mass is 299 g/mol. The number of hydrogen-bond acceptors (Lipinski definition) is 5. The molecule has 1 aromatic rings. The molecule has 20 heavy (non-hydrogen) atoms. The van der Waals surface area contributed by atoms with Gasteiger partial charge in [-0.2, -0.15) is 0 Å². The van der Waals surface area contributed by atoms with Crippen LogP contribution in [0.15, 0.2) is 12.1 Å². The van der Waals surface area contributed by atoms with Gasteiger partial charge in [-0.05, 0) is 12.6 Å². The van der Waals surface area contributed by atoms with Gasteiger partial charge in [0.2, 0.25) is 0 Å². The van der Waals surface area contributed by atoms with E-state index in [-0.39, 0.29) is 5.97 Å². The first-order valence-electron chi connectivity index (χ1n) is 6.56. The summed E-state index contributed by atoms with van der Waals surface area (Å²) in [6.07, 6.45) is -0.0314. The third-order valence-electron chi connectivity index (χ3n) is 3.03. The Bertz CT molecular complexity index is 492. The van der Waals surface area contributed by atoms with Crippen LogP contribution in [0.3, 0.4) is 0 Å². The zero-order chi connectivity index (χ0) is 14.5. The minimum atomic E-state index is -0.578. The fourth-order valence-electron chi connectivity index (χ4n) is 2.03. The fraction of sp³-hybridized carbons (Fsp3) is 0.500. The molecule has 1 unspecified atom stereocenters. The molecule has 1 N–H and O–H groups in total. The van der Waals surface area contributed by atoms with Crippen molar-refractivity contribution in [2.24, 2.45) is 0 Å². The number of cyclic esters (lactones) is 1. The summed E-state index contributed by atoms with van der Waals surface area (Å²) in [6.45, 7) is 3.81. The Morgan fingerprint density at radius 3 is 2.90 bits per heavy atom. The predicted octanol–water partition coefficient (Wildman–Crippen LogP) is 2.15. The quantitative estimate of drug-likeness (QED) is 0.816. The van der Waals surface area contributed by atoms with Gasteiger partial charge in [0.05, 0.1) is 13.7 Å². The van der Waals surface area contributed by atoms with Crippen LogP contribution in [0.4, 0.5) is 0 Å². The topological polar surface area (TPSA) is 56.8 Å². The first-order chi connectivity index (χ1) is 9.65. The Labute approximate surface area is 123 Å². The molecule has 1 fully saturated rings. The van der Waals surface area contributed by atoms with Crippen LogP contribution >= 0.6 is 11.6 Å². The van der Waals surface area contributed by atoms with E-state index < -0.39 is 6.10 Å². The third kappa shape index (κ3) is 3.35. The van der Waals surface area contributed by atoms with Crippen LogP contribution in [0.5, 0.6) is 11.5 Å². The molecule has 0 amide bonds. The number of halogens is 1. The largest absolute Gasteiger partial charge is 0.493 e. The van der Waals surface area contributed by atoms with Crippen LogP contribution in [0.25, 0.3) is 0 Å². The van der Waals surface area contributed by atoms with Crippen LogP contribution < -0.4 is 14.8 Å². The van der Waals surface area contributed by atoms with Gasteiger partial charge in [-0.25, -0.2) is 4.79 Å². The Balaban J connectivity index is 2.29. The number of rotatable bonds is 6. The van der Waals surface area contributed by atoms with Crippen molar-refractivity contribution in [3.05, 3.63) is 22.7 Å². The molecule has 0 aliphatic carbocycles. The standard InChI is InChI=1S/C14H18ClNO4/c1-3-16-8-9-6-10(15)7-12(18-2)13(9)20-11-4-5-19-14(11)17/h6-7,11,16H,3-5,8H2,1-2H3. The van der Waals surface area contributed by atoms with Crippen molar-refractivity contribution in [2.45, 2.75) is 26.0 Å². The highest BCUT2D eigenvalue weighted by molar-refractivity contribution is 6.30. The van der Waals surface area contributed by atoms with Gasteiger partial charge in [0.15, 0.2) is 17.6 Å². The molecule has 5 nitrogen and oxygen atoms in total. The van der Waals surface area contributed by atoms with Crippen molar-refractivity contribution in [2.75, 3.05) is 20.3 Å². The van der Waals surface area contributed by atoms with Gasteiger partial charge in [-0.15, -0.1) is 0 Å². The Morgan fingerprint density at radius 1 is 1.50 bits per heavy atom. The summed E-state index contributed by atoms with van der Waals surface area (Å²) < 4.78 is 16.0. The van der Waals surface area contributed by atoms with Crippen molar-refractivity contribution in [3.63, 3.8) is 0 Å². The molecule has 110 valence electrons. The Kier molecular flexibility index (Phi) is 5.09. The number of carbonyl (C=O) groups excluding carboxylic acids is 1. The average Bonchev–Trinajstić information content (AvgIpc) is 2.84. The number of carbonyl (C=O) groups is 1. The number of hydrogen-bond donors (Lipinski definition) is 1. The Morgan fingerprint density at radius 2 is 2.30 bits per heavy atom. The van der Waals surface area contributed by atoms with E-state index >= 15 is 0 Å². The zero-order valence-corrected chi connectivity index (χ0v) is 12.3. The molecule has 1 aromatic carbocycles.